The fraction of sp³-hybridized carbons (Fsp3) is 0.118. The van der Waals surface area contributed by atoms with Crippen LogP contribution < -0.4 is 5.32 Å². The van der Waals surface area contributed by atoms with E-state index in [4.69, 9.17) is 0 Å². The molecule has 0 spiro atoms. The number of fused-ring (bicyclic) bond motifs is 1. The van der Waals surface area contributed by atoms with Gasteiger partial charge >= 0.3 is 0 Å². The van der Waals surface area contributed by atoms with Crippen molar-refractivity contribution in [2.24, 2.45) is 0 Å². The number of nitrogens with zero attached hydrogens (tertiary/aromatic N) is 1. The van der Waals surface area contributed by atoms with Crippen molar-refractivity contribution in [3.63, 3.8) is 0 Å². The number of benzene rings is 2. The lowest BCUT2D eigenvalue weighted by atomic mass is 9.95. The molecule has 2 aromatic carbocycles. The highest BCUT2D eigenvalue weighted by atomic mass is 79.9. The average molecular weight is 345 g/mol. The summed E-state index contributed by atoms with van der Waals surface area (Å²) in [4.78, 5) is 4.36. The second kappa shape index (κ2) is 5.92. The maximum absolute atomic E-state index is 14.2. The zero-order valence-electron chi connectivity index (χ0n) is 11.5. The van der Waals surface area contributed by atoms with Crippen LogP contribution in [0, 0.1) is 5.82 Å². The second-order valence-electron chi connectivity index (χ2n) is 4.80. The number of nitrogens with one attached hydrogen (secondary N) is 1. The Morgan fingerprint density at radius 2 is 1.95 bits per heavy atom. The number of aromatic nitrogens is 1. The minimum atomic E-state index is -0.226. The summed E-state index contributed by atoms with van der Waals surface area (Å²) in [6, 6.07) is 14.6. The van der Waals surface area contributed by atoms with Gasteiger partial charge in [-0.2, -0.15) is 0 Å². The Hall–Kier alpha value is -1.78. The summed E-state index contributed by atoms with van der Waals surface area (Å²) in [5, 5.41) is 4.23. The normalized spacial score (nSPS) is 12.5. The van der Waals surface area contributed by atoms with E-state index in [1.165, 1.54) is 6.07 Å². The zero-order valence-corrected chi connectivity index (χ0v) is 13.1. The van der Waals surface area contributed by atoms with Gasteiger partial charge in [-0.05, 0) is 42.9 Å². The van der Waals surface area contributed by atoms with E-state index in [0.717, 1.165) is 20.9 Å². The summed E-state index contributed by atoms with van der Waals surface area (Å²) < 4.78 is 15.1. The molecule has 3 aromatic rings. The number of pyridine rings is 1. The molecule has 0 saturated carbocycles. The van der Waals surface area contributed by atoms with E-state index in [-0.39, 0.29) is 11.9 Å². The van der Waals surface area contributed by atoms with Crippen molar-refractivity contribution in [2.75, 3.05) is 7.05 Å². The molecule has 0 amide bonds. The molecule has 0 fully saturated rings. The van der Waals surface area contributed by atoms with Crippen LogP contribution in [0.1, 0.15) is 17.2 Å². The third kappa shape index (κ3) is 2.69. The predicted molar refractivity (Wildman–Crippen MR) is 86.7 cm³/mol. The molecule has 0 aliphatic rings. The summed E-state index contributed by atoms with van der Waals surface area (Å²) in [6.07, 6.45) is 1.76. The van der Waals surface area contributed by atoms with Crippen LogP contribution in [0.5, 0.6) is 0 Å². The van der Waals surface area contributed by atoms with Crippen LogP contribution in [0.2, 0.25) is 0 Å². The first-order valence-electron chi connectivity index (χ1n) is 6.66. The monoisotopic (exact) mass is 344 g/mol. The maximum Gasteiger partial charge on any atom is 0.128 e. The lowest BCUT2D eigenvalue weighted by Crippen LogP contribution is -2.19. The van der Waals surface area contributed by atoms with Gasteiger partial charge in [0.25, 0.3) is 0 Å². The Morgan fingerprint density at radius 3 is 2.76 bits per heavy atom. The minimum Gasteiger partial charge on any atom is -0.309 e. The van der Waals surface area contributed by atoms with Crippen LogP contribution in [0.25, 0.3) is 10.9 Å². The molecule has 0 saturated heterocycles. The highest BCUT2D eigenvalue weighted by molar-refractivity contribution is 9.10. The van der Waals surface area contributed by atoms with E-state index in [0.29, 0.717) is 5.56 Å². The van der Waals surface area contributed by atoms with Crippen LogP contribution in [-0.2, 0) is 0 Å². The third-order valence-electron chi connectivity index (χ3n) is 3.55. The molecule has 1 aromatic heterocycles. The molecule has 1 atom stereocenters. The average Bonchev–Trinajstić information content (AvgIpc) is 2.51. The number of hydrogen-bond acceptors (Lipinski definition) is 2. The van der Waals surface area contributed by atoms with E-state index in [9.17, 15) is 4.39 Å². The number of rotatable bonds is 3. The lowest BCUT2D eigenvalue weighted by Gasteiger charge is -2.20. The van der Waals surface area contributed by atoms with E-state index in [1.807, 2.05) is 43.4 Å². The molecule has 0 aliphatic carbocycles. The van der Waals surface area contributed by atoms with Crippen LogP contribution >= 0.6 is 15.9 Å². The molecular formula is C17H14BrFN2. The third-order valence-corrected chi connectivity index (χ3v) is 4.04. The van der Waals surface area contributed by atoms with Gasteiger partial charge in [-0.1, -0.05) is 34.1 Å². The Kier molecular flexibility index (Phi) is 3.99. The molecule has 21 heavy (non-hydrogen) atoms. The van der Waals surface area contributed by atoms with Crippen molar-refractivity contribution < 1.29 is 4.39 Å². The predicted octanol–water partition coefficient (Wildman–Crippen LogP) is 4.45. The van der Waals surface area contributed by atoms with Crippen LogP contribution in [0.15, 0.2) is 59.2 Å². The maximum atomic E-state index is 14.2. The molecular weight excluding hydrogens is 331 g/mol. The molecule has 1 unspecified atom stereocenters. The Balaban J connectivity index is 2.21. The number of halogens is 2. The topological polar surface area (TPSA) is 24.9 Å². The standard InChI is InChI=1S/C17H14BrFN2/c1-20-17(14-10-11(18)7-8-15(14)19)13-4-2-6-16-12(13)5-3-9-21-16/h2-10,17,20H,1H3. The Bertz CT molecular complexity index is 783. The summed E-state index contributed by atoms with van der Waals surface area (Å²) in [7, 11) is 1.83. The number of hydrogen-bond donors (Lipinski definition) is 1. The summed E-state index contributed by atoms with van der Waals surface area (Å²) in [5.41, 5.74) is 2.54. The quantitative estimate of drug-likeness (QED) is 0.759. The second-order valence-corrected chi connectivity index (χ2v) is 5.72. The molecule has 106 valence electrons. The largest absolute Gasteiger partial charge is 0.309 e. The molecule has 0 bridgehead atoms. The first-order valence-corrected chi connectivity index (χ1v) is 7.46. The van der Waals surface area contributed by atoms with Gasteiger partial charge in [0.1, 0.15) is 5.82 Å². The first kappa shape index (κ1) is 14.2. The van der Waals surface area contributed by atoms with E-state index in [1.54, 1.807) is 12.3 Å². The first-order chi connectivity index (χ1) is 10.2. The molecule has 1 N–H and O–H groups in total. The minimum absolute atomic E-state index is 0.224. The van der Waals surface area contributed by atoms with Crippen molar-refractivity contribution in [3.8, 4) is 0 Å². The molecule has 0 aliphatic heterocycles. The van der Waals surface area contributed by atoms with Gasteiger partial charge in [-0.3, -0.25) is 4.98 Å². The highest BCUT2D eigenvalue weighted by Crippen LogP contribution is 2.30. The molecule has 2 nitrogen and oxygen atoms in total. The van der Waals surface area contributed by atoms with Gasteiger partial charge in [0.2, 0.25) is 0 Å². The van der Waals surface area contributed by atoms with Gasteiger partial charge < -0.3 is 5.32 Å². The van der Waals surface area contributed by atoms with Gasteiger partial charge in [-0.25, -0.2) is 4.39 Å². The van der Waals surface area contributed by atoms with Crippen molar-refractivity contribution in [1.29, 1.82) is 0 Å². The zero-order chi connectivity index (χ0) is 14.8. The fourth-order valence-electron chi connectivity index (χ4n) is 2.59. The smallest absolute Gasteiger partial charge is 0.128 e. The highest BCUT2D eigenvalue weighted by Gasteiger charge is 2.18. The van der Waals surface area contributed by atoms with Crippen molar-refractivity contribution in [2.45, 2.75) is 6.04 Å². The van der Waals surface area contributed by atoms with Crippen molar-refractivity contribution >= 4 is 26.8 Å². The van der Waals surface area contributed by atoms with Crippen LogP contribution in [0.4, 0.5) is 4.39 Å². The molecule has 0 radical (unpaired) electrons. The van der Waals surface area contributed by atoms with Crippen LogP contribution in [0.3, 0.4) is 0 Å². The van der Waals surface area contributed by atoms with E-state index in [2.05, 4.69) is 26.2 Å². The van der Waals surface area contributed by atoms with Gasteiger partial charge in [0.15, 0.2) is 0 Å². The summed E-state index contributed by atoms with van der Waals surface area (Å²) in [6.45, 7) is 0. The Labute approximate surface area is 131 Å². The van der Waals surface area contributed by atoms with E-state index < -0.39 is 0 Å². The Morgan fingerprint density at radius 1 is 1.10 bits per heavy atom. The molecule has 4 heteroatoms. The lowest BCUT2D eigenvalue weighted by molar-refractivity contribution is 0.577. The van der Waals surface area contributed by atoms with E-state index >= 15 is 0 Å². The van der Waals surface area contributed by atoms with Gasteiger partial charge in [0.05, 0.1) is 11.6 Å². The van der Waals surface area contributed by atoms with Gasteiger partial charge in [-0.15, -0.1) is 0 Å². The molecule has 1 heterocycles. The SMILES string of the molecule is CNC(c1cc(Br)ccc1F)c1cccc2ncccc12. The van der Waals surface area contributed by atoms with Crippen LogP contribution in [-0.4, -0.2) is 12.0 Å². The molecule has 3 rings (SSSR count). The van der Waals surface area contributed by atoms with Crippen molar-refractivity contribution in [3.05, 3.63) is 76.1 Å². The van der Waals surface area contributed by atoms with Crippen molar-refractivity contribution in [1.82, 2.24) is 10.3 Å². The summed E-state index contributed by atoms with van der Waals surface area (Å²) in [5.74, 6) is -0.224. The fourth-order valence-corrected chi connectivity index (χ4v) is 2.97. The van der Waals surface area contributed by atoms with Gasteiger partial charge in [0, 0.05) is 21.6 Å². The summed E-state index contributed by atoms with van der Waals surface area (Å²) >= 11 is 3.41.